The van der Waals surface area contributed by atoms with Crippen LogP contribution in [0.5, 0.6) is 11.5 Å². The van der Waals surface area contributed by atoms with Gasteiger partial charge in [0.25, 0.3) is 0 Å². The van der Waals surface area contributed by atoms with Crippen LogP contribution in [0.3, 0.4) is 0 Å². The number of guanidine groups is 1. The van der Waals surface area contributed by atoms with Crippen LogP contribution in [0.1, 0.15) is 24.5 Å². The third-order valence-electron chi connectivity index (χ3n) is 5.40. The molecule has 1 saturated heterocycles. The summed E-state index contributed by atoms with van der Waals surface area (Å²) in [5.74, 6) is 2.00. The van der Waals surface area contributed by atoms with Crippen molar-refractivity contribution in [1.29, 1.82) is 0 Å². The molecule has 31 heavy (non-hydrogen) atoms. The number of likely N-dealkylation sites (tertiary alicyclic amines) is 1. The number of phenols is 1. The number of phenolic OH excluding ortho intramolecular Hbond substituents is 1. The Labute approximate surface area is 184 Å². The number of hydrogen-bond acceptors (Lipinski definition) is 4. The number of aliphatic imine (C=N–C) groups is 1. The zero-order valence-electron chi connectivity index (χ0n) is 18.3. The number of rotatable bonds is 9. The van der Waals surface area contributed by atoms with E-state index in [0.717, 1.165) is 26.1 Å². The quantitative estimate of drug-likeness (QED) is 0.425. The van der Waals surface area contributed by atoms with Crippen LogP contribution in [-0.4, -0.2) is 55.2 Å². The maximum atomic E-state index is 12.4. The molecule has 3 N–H and O–H groups in total. The van der Waals surface area contributed by atoms with E-state index in [0.29, 0.717) is 36.8 Å². The molecule has 0 aliphatic carbocycles. The van der Waals surface area contributed by atoms with Gasteiger partial charge in [0.2, 0.25) is 5.91 Å². The number of methoxy groups -OCH3 is 1. The standard InChI is InChI=1S/C24H32N4O3/c1-3-25-24(27-16-20-14-21(31-2)9-10-22(20)29)26-15-19-13-23(30)28(17-19)12-11-18-7-5-4-6-8-18/h4-10,14,19,29H,3,11-13,15-17H2,1-2H3,(H2,25,26,27). The summed E-state index contributed by atoms with van der Waals surface area (Å²) >= 11 is 0. The lowest BCUT2D eigenvalue weighted by Gasteiger charge is -2.18. The second kappa shape index (κ2) is 11.2. The van der Waals surface area contributed by atoms with Crippen molar-refractivity contribution >= 4 is 11.9 Å². The molecule has 1 unspecified atom stereocenters. The second-order valence-corrected chi connectivity index (χ2v) is 7.72. The fourth-order valence-electron chi connectivity index (χ4n) is 3.68. The normalized spacial score (nSPS) is 16.5. The number of carbonyl (C=O) groups excluding carboxylic acids is 1. The van der Waals surface area contributed by atoms with Gasteiger partial charge < -0.3 is 25.4 Å². The van der Waals surface area contributed by atoms with Gasteiger partial charge in [-0.15, -0.1) is 0 Å². The highest BCUT2D eigenvalue weighted by molar-refractivity contribution is 5.81. The molecule has 0 aromatic heterocycles. The summed E-state index contributed by atoms with van der Waals surface area (Å²) in [4.78, 5) is 18.9. The summed E-state index contributed by atoms with van der Waals surface area (Å²) in [7, 11) is 1.59. The van der Waals surface area contributed by atoms with E-state index < -0.39 is 0 Å². The minimum Gasteiger partial charge on any atom is -0.508 e. The van der Waals surface area contributed by atoms with Gasteiger partial charge in [-0.25, -0.2) is 4.99 Å². The summed E-state index contributed by atoms with van der Waals surface area (Å²) < 4.78 is 5.22. The van der Waals surface area contributed by atoms with E-state index in [4.69, 9.17) is 4.74 Å². The summed E-state index contributed by atoms with van der Waals surface area (Å²) in [6, 6.07) is 15.4. The molecule has 1 aliphatic heterocycles. The molecule has 7 nitrogen and oxygen atoms in total. The molecule has 0 bridgehead atoms. The van der Waals surface area contributed by atoms with Crippen molar-refractivity contribution in [3.63, 3.8) is 0 Å². The van der Waals surface area contributed by atoms with Gasteiger partial charge in [0, 0.05) is 44.1 Å². The molecule has 166 valence electrons. The number of nitrogens with one attached hydrogen (secondary N) is 2. The van der Waals surface area contributed by atoms with Gasteiger partial charge in [0.05, 0.1) is 13.7 Å². The van der Waals surface area contributed by atoms with E-state index in [-0.39, 0.29) is 17.6 Å². The maximum absolute atomic E-state index is 12.4. The Hall–Kier alpha value is -3.22. The van der Waals surface area contributed by atoms with Gasteiger partial charge in [-0.1, -0.05) is 30.3 Å². The van der Waals surface area contributed by atoms with Crippen molar-refractivity contribution in [2.75, 3.05) is 33.3 Å². The van der Waals surface area contributed by atoms with Crippen LogP contribution >= 0.6 is 0 Å². The zero-order chi connectivity index (χ0) is 22.1. The first-order valence-electron chi connectivity index (χ1n) is 10.8. The molecule has 1 fully saturated rings. The van der Waals surface area contributed by atoms with Gasteiger partial charge >= 0.3 is 0 Å². The first kappa shape index (κ1) is 22.5. The third-order valence-corrected chi connectivity index (χ3v) is 5.40. The van der Waals surface area contributed by atoms with Crippen molar-refractivity contribution in [2.45, 2.75) is 26.3 Å². The fraction of sp³-hybridized carbons (Fsp3) is 0.417. The average molecular weight is 425 g/mol. The number of nitrogens with zero attached hydrogens (tertiary/aromatic N) is 2. The highest BCUT2D eigenvalue weighted by Crippen LogP contribution is 2.23. The molecule has 0 radical (unpaired) electrons. The highest BCUT2D eigenvalue weighted by atomic mass is 16.5. The monoisotopic (exact) mass is 424 g/mol. The molecule has 2 aromatic rings. The van der Waals surface area contributed by atoms with E-state index >= 15 is 0 Å². The molecular formula is C24H32N4O3. The predicted molar refractivity (Wildman–Crippen MR) is 122 cm³/mol. The smallest absolute Gasteiger partial charge is 0.223 e. The van der Waals surface area contributed by atoms with Crippen molar-refractivity contribution in [2.24, 2.45) is 10.9 Å². The molecule has 2 aromatic carbocycles. The first-order valence-corrected chi connectivity index (χ1v) is 10.8. The average Bonchev–Trinajstić information content (AvgIpc) is 3.15. The van der Waals surface area contributed by atoms with Gasteiger partial charge in [-0.05, 0) is 37.1 Å². The lowest BCUT2D eigenvalue weighted by molar-refractivity contribution is -0.127. The van der Waals surface area contributed by atoms with Gasteiger partial charge in [-0.3, -0.25) is 4.79 Å². The fourth-order valence-corrected chi connectivity index (χ4v) is 3.68. The number of aromatic hydroxyl groups is 1. The molecule has 3 rings (SSSR count). The SMILES string of the molecule is CCNC(=NCc1cc(OC)ccc1O)NCC1CC(=O)N(CCc2ccccc2)C1. The van der Waals surface area contributed by atoms with Crippen molar-refractivity contribution in [3.8, 4) is 11.5 Å². The van der Waals surface area contributed by atoms with Crippen LogP contribution in [0.15, 0.2) is 53.5 Å². The van der Waals surface area contributed by atoms with Crippen LogP contribution in [0.4, 0.5) is 0 Å². The van der Waals surface area contributed by atoms with Crippen LogP contribution in [0.2, 0.25) is 0 Å². The van der Waals surface area contributed by atoms with E-state index in [1.807, 2.05) is 30.0 Å². The highest BCUT2D eigenvalue weighted by Gasteiger charge is 2.29. The summed E-state index contributed by atoms with van der Waals surface area (Å²) in [5, 5.41) is 16.6. The first-order chi connectivity index (χ1) is 15.1. The number of benzene rings is 2. The van der Waals surface area contributed by atoms with Crippen LogP contribution < -0.4 is 15.4 Å². The Morgan fingerprint density at radius 3 is 2.77 bits per heavy atom. The Bertz CT molecular complexity index is 886. The summed E-state index contributed by atoms with van der Waals surface area (Å²) in [5.41, 5.74) is 1.94. The largest absolute Gasteiger partial charge is 0.508 e. The molecule has 1 atom stereocenters. The van der Waals surface area contributed by atoms with E-state index in [1.54, 1.807) is 25.3 Å². The van der Waals surface area contributed by atoms with Gasteiger partial charge in [-0.2, -0.15) is 0 Å². The molecule has 0 saturated carbocycles. The molecule has 1 amide bonds. The zero-order valence-corrected chi connectivity index (χ0v) is 18.3. The molecule has 1 heterocycles. The van der Waals surface area contributed by atoms with Gasteiger partial charge in [0.15, 0.2) is 5.96 Å². The molecule has 7 heteroatoms. The van der Waals surface area contributed by atoms with E-state index in [9.17, 15) is 9.90 Å². The second-order valence-electron chi connectivity index (χ2n) is 7.72. The van der Waals surface area contributed by atoms with Crippen molar-refractivity contribution < 1.29 is 14.6 Å². The number of ether oxygens (including phenoxy) is 1. The van der Waals surface area contributed by atoms with Gasteiger partial charge in [0.1, 0.15) is 11.5 Å². The summed E-state index contributed by atoms with van der Waals surface area (Å²) in [6.07, 6.45) is 1.43. The van der Waals surface area contributed by atoms with E-state index in [2.05, 4.69) is 27.8 Å². The van der Waals surface area contributed by atoms with Crippen LogP contribution in [0.25, 0.3) is 0 Å². The minimum atomic E-state index is 0.191. The Morgan fingerprint density at radius 2 is 2.03 bits per heavy atom. The van der Waals surface area contributed by atoms with Crippen molar-refractivity contribution in [3.05, 3.63) is 59.7 Å². The Kier molecular flexibility index (Phi) is 8.15. The number of hydrogen-bond donors (Lipinski definition) is 3. The maximum Gasteiger partial charge on any atom is 0.223 e. The molecular weight excluding hydrogens is 392 g/mol. The summed E-state index contributed by atoms with van der Waals surface area (Å²) in [6.45, 7) is 5.24. The molecule has 0 spiro atoms. The third kappa shape index (κ3) is 6.64. The number of amides is 1. The Morgan fingerprint density at radius 1 is 1.23 bits per heavy atom. The number of carbonyl (C=O) groups is 1. The van der Waals surface area contributed by atoms with Crippen LogP contribution in [0, 0.1) is 5.92 Å². The topological polar surface area (TPSA) is 86.2 Å². The lowest BCUT2D eigenvalue weighted by Crippen LogP contribution is -2.40. The molecule has 1 aliphatic rings. The van der Waals surface area contributed by atoms with E-state index in [1.165, 1.54) is 5.56 Å². The van der Waals surface area contributed by atoms with Crippen LogP contribution in [-0.2, 0) is 17.8 Å². The lowest BCUT2D eigenvalue weighted by atomic mass is 10.1. The Balaban J connectivity index is 1.51. The predicted octanol–water partition coefficient (Wildman–Crippen LogP) is 2.55. The van der Waals surface area contributed by atoms with Crippen molar-refractivity contribution in [1.82, 2.24) is 15.5 Å². The minimum absolute atomic E-state index is 0.191.